The smallest absolute Gasteiger partial charge is 0.164 e. The monoisotopic (exact) mass is 400 g/mol. The van der Waals surface area contributed by atoms with Crippen LogP contribution in [0, 0.1) is 6.92 Å². The van der Waals surface area contributed by atoms with E-state index in [1.54, 1.807) is 19.5 Å². The van der Waals surface area contributed by atoms with E-state index in [0.29, 0.717) is 11.5 Å². The predicted molar refractivity (Wildman–Crippen MR) is 114 cm³/mol. The summed E-state index contributed by atoms with van der Waals surface area (Å²) in [6, 6.07) is 9.58. The zero-order chi connectivity index (χ0) is 20.8. The quantitative estimate of drug-likeness (QED) is 0.494. The third-order valence-electron chi connectivity index (χ3n) is 5.26. The third kappa shape index (κ3) is 2.66. The molecule has 9 nitrogen and oxygen atoms in total. The molecule has 4 heterocycles. The normalized spacial score (nSPS) is 12.5. The Labute approximate surface area is 172 Å². The second-order valence-electron chi connectivity index (χ2n) is 7.05. The van der Waals surface area contributed by atoms with Crippen molar-refractivity contribution in [1.82, 2.24) is 34.5 Å². The highest BCUT2D eigenvalue weighted by Gasteiger charge is 2.23. The second-order valence-corrected chi connectivity index (χ2v) is 7.05. The van der Waals surface area contributed by atoms with Gasteiger partial charge in [-0.15, -0.1) is 0 Å². The van der Waals surface area contributed by atoms with Gasteiger partial charge in [0, 0.05) is 17.6 Å². The van der Waals surface area contributed by atoms with Crippen molar-refractivity contribution in [2.45, 2.75) is 19.9 Å². The summed E-state index contributed by atoms with van der Waals surface area (Å²) in [6.07, 6.45) is 4.98. The van der Waals surface area contributed by atoms with Crippen LogP contribution in [-0.2, 0) is 0 Å². The number of pyridine rings is 1. The first kappa shape index (κ1) is 18.0. The van der Waals surface area contributed by atoms with Gasteiger partial charge in [-0.05, 0) is 38.1 Å². The lowest BCUT2D eigenvalue weighted by Crippen LogP contribution is -2.11. The summed E-state index contributed by atoms with van der Waals surface area (Å²) < 4.78 is 9.16. The SMILES string of the molecule is COc1ccc2c(C(C)n3nc(C)c4c(N)ncnc43)nn(-c3cccnc3)c2c1. The molecule has 0 bridgehead atoms. The maximum Gasteiger partial charge on any atom is 0.164 e. The summed E-state index contributed by atoms with van der Waals surface area (Å²) in [7, 11) is 1.65. The van der Waals surface area contributed by atoms with Crippen LogP contribution in [0.4, 0.5) is 5.82 Å². The van der Waals surface area contributed by atoms with Crippen molar-refractivity contribution >= 4 is 27.8 Å². The molecule has 0 spiro atoms. The van der Waals surface area contributed by atoms with Crippen molar-refractivity contribution in [1.29, 1.82) is 0 Å². The predicted octanol–water partition coefficient (Wildman–Crippen LogP) is 3.07. The van der Waals surface area contributed by atoms with Gasteiger partial charge in [0.25, 0.3) is 0 Å². The van der Waals surface area contributed by atoms with E-state index >= 15 is 0 Å². The lowest BCUT2D eigenvalue weighted by molar-refractivity contribution is 0.415. The molecule has 0 aliphatic heterocycles. The first-order chi connectivity index (χ1) is 14.6. The number of hydrogen-bond donors (Lipinski definition) is 1. The minimum atomic E-state index is -0.190. The fourth-order valence-electron chi connectivity index (χ4n) is 3.79. The van der Waals surface area contributed by atoms with Crippen LogP contribution >= 0.6 is 0 Å². The maximum atomic E-state index is 6.07. The highest BCUT2D eigenvalue weighted by Crippen LogP contribution is 2.32. The van der Waals surface area contributed by atoms with E-state index in [2.05, 4.69) is 15.0 Å². The molecule has 4 aromatic heterocycles. The molecule has 0 aliphatic carbocycles. The highest BCUT2D eigenvalue weighted by molar-refractivity contribution is 5.89. The third-order valence-corrected chi connectivity index (χ3v) is 5.26. The summed E-state index contributed by atoms with van der Waals surface area (Å²) >= 11 is 0. The van der Waals surface area contributed by atoms with Crippen LogP contribution in [0.2, 0.25) is 0 Å². The van der Waals surface area contributed by atoms with E-state index in [0.717, 1.165) is 39.1 Å². The Balaban J connectivity index is 1.75. The molecule has 0 fully saturated rings. The molecule has 0 aliphatic rings. The molecule has 0 saturated heterocycles. The van der Waals surface area contributed by atoms with Crippen LogP contribution in [-0.4, -0.2) is 41.6 Å². The molecule has 1 aromatic carbocycles. The molecule has 0 saturated carbocycles. The fraction of sp³-hybridized carbons (Fsp3) is 0.190. The number of hydrogen-bond acceptors (Lipinski definition) is 7. The Hall–Kier alpha value is -4.01. The molecule has 30 heavy (non-hydrogen) atoms. The van der Waals surface area contributed by atoms with E-state index in [-0.39, 0.29) is 6.04 Å². The number of fused-ring (bicyclic) bond motifs is 2. The molecule has 9 heteroatoms. The first-order valence-electron chi connectivity index (χ1n) is 9.51. The number of nitrogens with zero attached hydrogens (tertiary/aromatic N) is 7. The number of aromatic nitrogens is 7. The van der Waals surface area contributed by atoms with Crippen molar-refractivity contribution in [3.05, 3.63) is 60.4 Å². The fourth-order valence-corrected chi connectivity index (χ4v) is 3.79. The molecule has 0 radical (unpaired) electrons. The molecule has 1 unspecified atom stereocenters. The van der Waals surface area contributed by atoms with Crippen molar-refractivity contribution in [2.24, 2.45) is 0 Å². The van der Waals surface area contributed by atoms with Gasteiger partial charge in [0.1, 0.15) is 17.9 Å². The van der Waals surface area contributed by atoms with Gasteiger partial charge >= 0.3 is 0 Å². The van der Waals surface area contributed by atoms with E-state index in [4.69, 9.17) is 20.7 Å². The zero-order valence-corrected chi connectivity index (χ0v) is 16.8. The van der Waals surface area contributed by atoms with Gasteiger partial charge in [-0.2, -0.15) is 10.2 Å². The van der Waals surface area contributed by atoms with Gasteiger partial charge in [0.2, 0.25) is 0 Å². The average Bonchev–Trinajstić information content (AvgIpc) is 3.32. The molecule has 5 aromatic rings. The first-order valence-corrected chi connectivity index (χ1v) is 9.51. The number of nitrogen functional groups attached to an aromatic ring is 1. The molecule has 0 amide bonds. The van der Waals surface area contributed by atoms with Crippen LogP contribution in [0.3, 0.4) is 0 Å². The Morgan fingerprint density at radius 3 is 2.77 bits per heavy atom. The average molecular weight is 400 g/mol. The van der Waals surface area contributed by atoms with E-state index in [1.807, 2.05) is 53.5 Å². The minimum Gasteiger partial charge on any atom is -0.497 e. The molecular weight excluding hydrogens is 380 g/mol. The largest absolute Gasteiger partial charge is 0.497 e. The van der Waals surface area contributed by atoms with E-state index < -0.39 is 0 Å². The zero-order valence-electron chi connectivity index (χ0n) is 16.8. The van der Waals surface area contributed by atoms with Crippen molar-refractivity contribution in [2.75, 3.05) is 12.8 Å². The van der Waals surface area contributed by atoms with E-state index in [9.17, 15) is 0 Å². The topological polar surface area (TPSA) is 110 Å². The van der Waals surface area contributed by atoms with Gasteiger partial charge < -0.3 is 10.5 Å². The number of ether oxygens (including phenoxy) is 1. The summed E-state index contributed by atoms with van der Waals surface area (Å²) in [5.74, 6) is 1.18. The van der Waals surface area contributed by atoms with Crippen LogP contribution in [0.5, 0.6) is 5.75 Å². The second kappa shape index (κ2) is 6.80. The minimum absolute atomic E-state index is 0.190. The van der Waals surface area contributed by atoms with Gasteiger partial charge in [0.05, 0.1) is 47.3 Å². The van der Waals surface area contributed by atoms with Gasteiger partial charge in [0.15, 0.2) is 5.65 Å². The van der Waals surface area contributed by atoms with Crippen LogP contribution < -0.4 is 10.5 Å². The Morgan fingerprint density at radius 1 is 1.13 bits per heavy atom. The van der Waals surface area contributed by atoms with Crippen molar-refractivity contribution in [3.8, 4) is 11.4 Å². The summed E-state index contributed by atoms with van der Waals surface area (Å²) in [6.45, 7) is 3.95. The molecule has 2 N–H and O–H groups in total. The molecule has 150 valence electrons. The van der Waals surface area contributed by atoms with Crippen LogP contribution in [0.25, 0.3) is 27.6 Å². The number of benzene rings is 1. The number of aryl methyl sites for hydroxylation is 1. The Bertz CT molecular complexity index is 1370. The van der Waals surface area contributed by atoms with Crippen molar-refractivity contribution < 1.29 is 4.74 Å². The Morgan fingerprint density at radius 2 is 2.00 bits per heavy atom. The van der Waals surface area contributed by atoms with Gasteiger partial charge in [-0.25, -0.2) is 19.3 Å². The molecule has 1 atom stereocenters. The standard InChI is InChI=1S/C21H20N8O/c1-12-18-20(22)24-11-25-21(18)28(26-12)13(2)19-16-7-6-15(30-3)9-17(16)29(27-19)14-5-4-8-23-10-14/h4-11,13H,1-3H3,(H2,22,24,25). The number of anilines is 1. The van der Waals surface area contributed by atoms with Crippen LogP contribution in [0.1, 0.15) is 24.4 Å². The highest BCUT2D eigenvalue weighted by atomic mass is 16.5. The van der Waals surface area contributed by atoms with Crippen LogP contribution in [0.15, 0.2) is 49.1 Å². The van der Waals surface area contributed by atoms with E-state index in [1.165, 1.54) is 6.33 Å². The summed E-state index contributed by atoms with van der Waals surface area (Å²) in [5.41, 5.74) is 10.2. The molecule has 5 rings (SSSR count). The maximum absolute atomic E-state index is 6.07. The lowest BCUT2D eigenvalue weighted by Gasteiger charge is -2.11. The number of methoxy groups -OCH3 is 1. The summed E-state index contributed by atoms with van der Waals surface area (Å²) in [5, 5.41) is 11.4. The van der Waals surface area contributed by atoms with Gasteiger partial charge in [-0.3, -0.25) is 4.98 Å². The van der Waals surface area contributed by atoms with Gasteiger partial charge in [-0.1, -0.05) is 0 Å². The van der Waals surface area contributed by atoms with Crippen molar-refractivity contribution in [3.63, 3.8) is 0 Å². The molecular formula is C21H20N8O. The Kier molecular flexibility index (Phi) is 4.09. The summed E-state index contributed by atoms with van der Waals surface area (Å²) in [4.78, 5) is 12.8. The number of nitrogens with two attached hydrogens (primary N) is 1. The lowest BCUT2D eigenvalue weighted by atomic mass is 10.1. The number of rotatable bonds is 4.